The summed E-state index contributed by atoms with van der Waals surface area (Å²) < 4.78 is 21.6. The molecule has 2 heterocycles. The highest BCUT2D eigenvalue weighted by Gasteiger charge is 2.35. The van der Waals surface area contributed by atoms with E-state index in [1.807, 2.05) is 32.4 Å². The Bertz CT molecular complexity index is 902. The van der Waals surface area contributed by atoms with Gasteiger partial charge in [-0.15, -0.1) is 10.2 Å². The molecule has 2 aromatic rings. The summed E-state index contributed by atoms with van der Waals surface area (Å²) in [7, 11) is 1.94. The third kappa shape index (κ3) is 4.10. The number of halogens is 1. The van der Waals surface area contributed by atoms with E-state index in [9.17, 15) is 4.39 Å². The Labute approximate surface area is 164 Å². The zero-order valence-electron chi connectivity index (χ0n) is 16.8. The molecule has 2 N–H and O–H groups in total. The monoisotopic (exact) mass is 386 g/mol. The highest BCUT2D eigenvalue weighted by atomic mass is 19.1. The molecule has 0 spiro atoms. The van der Waals surface area contributed by atoms with E-state index in [2.05, 4.69) is 20.8 Å². The van der Waals surface area contributed by atoms with Gasteiger partial charge in [-0.05, 0) is 39.7 Å². The van der Waals surface area contributed by atoms with Gasteiger partial charge in [0.05, 0.1) is 6.04 Å². The van der Waals surface area contributed by atoms with Crippen molar-refractivity contribution < 1.29 is 9.13 Å². The van der Waals surface area contributed by atoms with E-state index >= 15 is 0 Å². The second-order valence-corrected chi connectivity index (χ2v) is 8.25. The molecule has 1 aromatic carbocycles. The molecule has 1 atom stereocenters. The van der Waals surface area contributed by atoms with Crippen molar-refractivity contribution in [3.8, 4) is 5.75 Å². The molecule has 2 aliphatic rings. The number of hydrogen-bond donors (Lipinski definition) is 2. The molecule has 1 aromatic heterocycles. The second kappa shape index (κ2) is 7.07. The van der Waals surface area contributed by atoms with Crippen molar-refractivity contribution in [2.24, 2.45) is 12.0 Å². The van der Waals surface area contributed by atoms with Crippen LogP contribution in [0.1, 0.15) is 56.4 Å². The summed E-state index contributed by atoms with van der Waals surface area (Å²) in [5, 5.41) is 15.3. The van der Waals surface area contributed by atoms with Crippen LogP contribution in [0, 0.1) is 12.7 Å². The summed E-state index contributed by atoms with van der Waals surface area (Å²) >= 11 is 0. The van der Waals surface area contributed by atoms with Crippen LogP contribution in [-0.4, -0.2) is 32.4 Å². The first kappa shape index (κ1) is 18.7. The molecular weight excluding hydrogens is 359 g/mol. The molecule has 0 bridgehead atoms. The van der Waals surface area contributed by atoms with E-state index in [1.165, 1.54) is 12.1 Å². The van der Waals surface area contributed by atoms with Gasteiger partial charge in [0, 0.05) is 31.1 Å². The number of nitrogens with zero attached hydrogens (tertiary/aromatic N) is 4. The molecule has 1 fully saturated rings. The minimum atomic E-state index is -0.399. The molecule has 8 heteroatoms. The number of aryl methyl sites for hydroxylation is 1. The van der Waals surface area contributed by atoms with Crippen LogP contribution in [0.4, 0.5) is 4.39 Å². The van der Waals surface area contributed by atoms with Crippen molar-refractivity contribution in [1.82, 2.24) is 25.4 Å². The molecule has 1 aliphatic heterocycles. The lowest BCUT2D eigenvalue weighted by Crippen LogP contribution is -2.46. The third-order valence-electron chi connectivity index (χ3n) is 5.22. The van der Waals surface area contributed by atoms with Gasteiger partial charge in [0.2, 0.25) is 0 Å². The van der Waals surface area contributed by atoms with Gasteiger partial charge >= 0.3 is 0 Å². The number of fused-ring (bicyclic) bond motifs is 1. The van der Waals surface area contributed by atoms with Crippen LogP contribution in [0.2, 0.25) is 0 Å². The maximum Gasteiger partial charge on any atom is 0.192 e. The molecule has 1 aliphatic carbocycles. The summed E-state index contributed by atoms with van der Waals surface area (Å²) in [6.07, 6.45) is 3.04. The van der Waals surface area contributed by atoms with E-state index in [4.69, 9.17) is 9.73 Å². The number of guanidine groups is 1. The molecule has 28 heavy (non-hydrogen) atoms. The quantitative estimate of drug-likeness (QED) is 0.624. The van der Waals surface area contributed by atoms with Crippen LogP contribution in [0.15, 0.2) is 23.2 Å². The van der Waals surface area contributed by atoms with E-state index in [1.54, 1.807) is 6.07 Å². The van der Waals surface area contributed by atoms with Crippen molar-refractivity contribution in [1.29, 1.82) is 0 Å². The topological polar surface area (TPSA) is 76.4 Å². The van der Waals surface area contributed by atoms with Gasteiger partial charge in [0.25, 0.3) is 0 Å². The van der Waals surface area contributed by atoms with E-state index in [0.717, 1.165) is 42.4 Å². The molecule has 1 saturated carbocycles. The lowest BCUT2D eigenvalue weighted by molar-refractivity contribution is 0.0689. The van der Waals surface area contributed by atoms with Crippen LogP contribution in [0.3, 0.4) is 0 Å². The number of rotatable bonds is 4. The first-order valence-electron chi connectivity index (χ1n) is 9.71. The fourth-order valence-electron chi connectivity index (χ4n) is 3.41. The van der Waals surface area contributed by atoms with Gasteiger partial charge in [-0.25, -0.2) is 9.38 Å². The molecule has 0 radical (unpaired) electrons. The number of benzene rings is 1. The van der Waals surface area contributed by atoms with Crippen LogP contribution in [0.5, 0.6) is 5.75 Å². The average Bonchev–Trinajstić information content (AvgIpc) is 3.37. The first-order valence-corrected chi connectivity index (χ1v) is 9.71. The zero-order chi connectivity index (χ0) is 19.9. The zero-order valence-corrected chi connectivity index (χ0v) is 16.8. The molecule has 0 amide bonds. The highest BCUT2D eigenvalue weighted by molar-refractivity contribution is 5.81. The van der Waals surface area contributed by atoms with Gasteiger partial charge in [-0.3, -0.25) is 0 Å². The molecule has 150 valence electrons. The lowest BCUT2D eigenvalue weighted by atomic mass is 9.90. The minimum absolute atomic E-state index is 0.0226. The van der Waals surface area contributed by atoms with Crippen molar-refractivity contribution in [3.63, 3.8) is 0 Å². The van der Waals surface area contributed by atoms with Gasteiger partial charge < -0.3 is 19.9 Å². The maximum atomic E-state index is 13.7. The SMILES string of the molecule is Cc1nnc(CN=C(NC2CC2)NC2CC(C)(C)Oc3cc(F)ccc32)n1C. The van der Waals surface area contributed by atoms with E-state index in [-0.39, 0.29) is 11.9 Å². The van der Waals surface area contributed by atoms with Crippen molar-refractivity contribution in [2.75, 3.05) is 0 Å². The molecule has 7 nitrogen and oxygen atoms in total. The maximum absolute atomic E-state index is 13.7. The Morgan fingerprint density at radius 2 is 2.11 bits per heavy atom. The lowest BCUT2D eigenvalue weighted by Gasteiger charge is -2.38. The minimum Gasteiger partial charge on any atom is -0.487 e. The Kier molecular flexibility index (Phi) is 4.72. The molecule has 4 rings (SSSR count). The van der Waals surface area contributed by atoms with Crippen LogP contribution < -0.4 is 15.4 Å². The number of hydrogen-bond acceptors (Lipinski definition) is 4. The van der Waals surface area contributed by atoms with Crippen molar-refractivity contribution in [2.45, 2.75) is 64.3 Å². The third-order valence-corrected chi connectivity index (χ3v) is 5.22. The number of ether oxygens (including phenoxy) is 1. The van der Waals surface area contributed by atoms with Crippen molar-refractivity contribution >= 4 is 5.96 Å². The smallest absolute Gasteiger partial charge is 0.192 e. The fraction of sp³-hybridized carbons (Fsp3) is 0.550. The van der Waals surface area contributed by atoms with E-state index in [0.29, 0.717) is 18.3 Å². The number of aliphatic imine (C=N–C) groups is 1. The molecular formula is C20H27FN6O. The largest absolute Gasteiger partial charge is 0.487 e. The van der Waals surface area contributed by atoms with Crippen LogP contribution in [0.25, 0.3) is 0 Å². The van der Waals surface area contributed by atoms with Gasteiger partial charge in [-0.2, -0.15) is 0 Å². The Hall–Kier alpha value is -2.64. The van der Waals surface area contributed by atoms with Crippen LogP contribution in [-0.2, 0) is 13.6 Å². The van der Waals surface area contributed by atoms with Gasteiger partial charge in [-0.1, -0.05) is 6.07 Å². The summed E-state index contributed by atoms with van der Waals surface area (Å²) in [6.45, 7) is 6.39. The molecule has 0 saturated heterocycles. The van der Waals surface area contributed by atoms with Gasteiger partial charge in [0.1, 0.15) is 29.5 Å². The Morgan fingerprint density at radius 1 is 1.32 bits per heavy atom. The number of nitrogens with one attached hydrogen (secondary N) is 2. The van der Waals surface area contributed by atoms with Crippen LogP contribution >= 0.6 is 0 Å². The normalized spacial score (nSPS) is 21.0. The summed E-state index contributed by atoms with van der Waals surface area (Å²) in [5.74, 6) is 2.70. The number of aromatic nitrogens is 3. The Balaban J connectivity index is 1.58. The summed E-state index contributed by atoms with van der Waals surface area (Å²) in [6, 6.07) is 5.15. The standard InChI is InChI=1S/C20H27FN6O/c1-12-25-26-18(27(12)4)11-22-19(23-14-6-7-14)24-16-10-20(2,3)28-17-9-13(21)5-8-15(16)17/h5,8-9,14,16H,6-7,10-11H2,1-4H3,(H2,22,23,24). The predicted molar refractivity (Wildman–Crippen MR) is 105 cm³/mol. The predicted octanol–water partition coefficient (Wildman–Crippen LogP) is 2.76. The van der Waals surface area contributed by atoms with E-state index < -0.39 is 5.60 Å². The summed E-state index contributed by atoms with van der Waals surface area (Å²) in [4.78, 5) is 4.74. The summed E-state index contributed by atoms with van der Waals surface area (Å²) in [5.41, 5.74) is 0.546. The average molecular weight is 386 g/mol. The first-order chi connectivity index (χ1) is 13.3. The van der Waals surface area contributed by atoms with Crippen molar-refractivity contribution in [3.05, 3.63) is 41.2 Å². The highest BCUT2D eigenvalue weighted by Crippen LogP contribution is 2.39. The second-order valence-electron chi connectivity index (χ2n) is 8.25. The fourth-order valence-corrected chi connectivity index (χ4v) is 3.41. The van der Waals surface area contributed by atoms with Gasteiger partial charge in [0.15, 0.2) is 11.8 Å². The Morgan fingerprint density at radius 3 is 2.79 bits per heavy atom. The molecule has 1 unspecified atom stereocenters.